The summed E-state index contributed by atoms with van der Waals surface area (Å²) < 4.78 is 10.1. The van der Waals surface area contributed by atoms with Crippen molar-refractivity contribution in [3.8, 4) is 0 Å². The molecule has 4 heteroatoms. The van der Waals surface area contributed by atoms with Gasteiger partial charge in [-0.1, -0.05) is 24.3 Å². The summed E-state index contributed by atoms with van der Waals surface area (Å²) in [5.41, 5.74) is 2.29. The second-order valence-electron chi connectivity index (χ2n) is 4.68. The number of unbranched alkanes of at least 4 members (excludes halogenated alkanes) is 1. The van der Waals surface area contributed by atoms with E-state index in [9.17, 15) is 4.79 Å². The Labute approximate surface area is 120 Å². The zero-order valence-corrected chi connectivity index (χ0v) is 12.3. The van der Waals surface area contributed by atoms with Crippen molar-refractivity contribution < 1.29 is 19.4 Å². The predicted molar refractivity (Wildman–Crippen MR) is 77.6 cm³/mol. The fourth-order valence-electron chi connectivity index (χ4n) is 2.00. The van der Waals surface area contributed by atoms with Crippen molar-refractivity contribution in [1.29, 1.82) is 0 Å². The molecule has 0 unspecified atom stereocenters. The van der Waals surface area contributed by atoms with Crippen LogP contribution in [0.5, 0.6) is 0 Å². The molecule has 112 valence electrons. The van der Waals surface area contributed by atoms with E-state index < -0.39 is 6.10 Å². The van der Waals surface area contributed by atoms with Gasteiger partial charge in [0.05, 0.1) is 6.61 Å². The van der Waals surface area contributed by atoms with Crippen LogP contribution in [0.3, 0.4) is 0 Å². The van der Waals surface area contributed by atoms with E-state index in [4.69, 9.17) is 14.6 Å². The summed E-state index contributed by atoms with van der Waals surface area (Å²) in [4.78, 5) is 11.6. The lowest BCUT2D eigenvalue weighted by Crippen LogP contribution is -2.27. The van der Waals surface area contributed by atoms with Crippen molar-refractivity contribution in [2.45, 2.75) is 38.7 Å². The van der Waals surface area contributed by atoms with Crippen molar-refractivity contribution in [2.75, 3.05) is 20.3 Å². The van der Waals surface area contributed by atoms with E-state index in [2.05, 4.69) is 12.1 Å². The van der Waals surface area contributed by atoms with Crippen LogP contribution < -0.4 is 0 Å². The first kappa shape index (κ1) is 16.7. The van der Waals surface area contributed by atoms with Gasteiger partial charge in [-0.25, -0.2) is 4.79 Å². The molecule has 0 bridgehead atoms. The van der Waals surface area contributed by atoms with Gasteiger partial charge >= 0.3 is 5.97 Å². The number of ether oxygens (including phenoxy) is 2. The van der Waals surface area contributed by atoms with E-state index in [0.29, 0.717) is 13.0 Å². The van der Waals surface area contributed by atoms with E-state index in [1.807, 2.05) is 12.1 Å². The van der Waals surface area contributed by atoms with Crippen molar-refractivity contribution in [3.63, 3.8) is 0 Å². The zero-order valence-electron chi connectivity index (χ0n) is 12.3. The first-order chi connectivity index (χ1) is 9.71. The molecule has 0 heterocycles. The molecule has 0 saturated heterocycles. The standard InChI is InChI=1S/C16H24O4/c1-3-20-16(18)15(19-2)12-14-9-7-13(8-10-14)6-4-5-11-17/h7-10,15,17H,3-6,11-12H2,1-2H3/t15-/m0/s1. The average Bonchev–Trinajstić information content (AvgIpc) is 2.46. The quantitative estimate of drug-likeness (QED) is 0.556. The van der Waals surface area contributed by atoms with Crippen LogP contribution in [0.25, 0.3) is 0 Å². The van der Waals surface area contributed by atoms with Crippen molar-refractivity contribution in [3.05, 3.63) is 35.4 Å². The maximum Gasteiger partial charge on any atom is 0.335 e. The minimum absolute atomic E-state index is 0.243. The van der Waals surface area contributed by atoms with Gasteiger partial charge in [-0.15, -0.1) is 0 Å². The summed E-state index contributed by atoms with van der Waals surface area (Å²) in [6.07, 6.45) is 2.75. The molecule has 0 saturated carbocycles. The molecule has 1 atom stereocenters. The Morgan fingerprint density at radius 1 is 1.20 bits per heavy atom. The van der Waals surface area contributed by atoms with Crippen LogP contribution in [0, 0.1) is 0 Å². The van der Waals surface area contributed by atoms with Gasteiger partial charge in [0, 0.05) is 20.1 Å². The fourth-order valence-corrected chi connectivity index (χ4v) is 2.00. The number of carbonyl (C=O) groups is 1. The molecular formula is C16H24O4. The summed E-state index contributed by atoms with van der Waals surface area (Å²) >= 11 is 0. The molecule has 20 heavy (non-hydrogen) atoms. The van der Waals surface area contributed by atoms with E-state index in [-0.39, 0.29) is 12.6 Å². The van der Waals surface area contributed by atoms with E-state index in [0.717, 1.165) is 24.8 Å². The first-order valence-electron chi connectivity index (χ1n) is 7.09. The van der Waals surface area contributed by atoms with Crippen LogP contribution in [-0.2, 0) is 27.1 Å². The van der Waals surface area contributed by atoms with Crippen molar-refractivity contribution >= 4 is 5.97 Å². The lowest BCUT2D eigenvalue weighted by molar-refractivity contribution is -0.154. The molecule has 0 spiro atoms. The maximum absolute atomic E-state index is 11.6. The zero-order chi connectivity index (χ0) is 14.8. The Morgan fingerprint density at radius 3 is 2.40 bits per heavy atom. The summed E-state index contributed by atoms with van der Waals surface area (Å²) in [5.74, 6) is -0.318. The van der Waals surface area contributed by atoms with E-state index in [1.165, 1.54) is 12.7 Å². The highest BCUT2D eigenvalue weighted by atomic mass is 16.6. The minimum atomic E-state index is -0.546. The SMILES string of the molecule is CCOC(=O)[C@H](Cc1ccc(CCCCO)cc1)OC. The number of methoxy groups -OCH3 is 1. The Kier molecular flexibility index (Phi) is 7.92. The third kappa shape index (κ3) is 5.72. The molecular weight excluding hydrogens is 256 g/mol. The second kappa shape index (κ2) is 9.50. The summed E-state index contributed by atoms with van der Waals surface area (Å²) in [7, 11) is 1.52. The number of carbonyl (C=O) groups excluding carboxylic acids is 1. The van der Waals surface area contributed by atoms with Gasteiger partial charge in [-0.3, -0.25) is 0 Å². The number of aryl methyl sites for hydroxylation is 1. The number of esters is 1. The molecule has 1 rings (SSSR count). The number of aliphatic hydroxyl groups is 1. The predicted octanol–water partition coefficient (Wildman–Crippen LogP) is 2.12. The van der Waals surface area contributed by atoms with Crippen molar-refractivity contribution in [2.24, 2.45) is 0 Å². The lowest BCUT2D eigenvalue weighted by Gasteiger charge is -2.14. The summed E-state index contributed by atoms with van der Waals surface area (Å²) in [6, 6.07) is 8.15. The smallest absolute Gasteiger partial charge is 0.335 e. The molecule has 1 aromatic carbocycles. The highest BCUT2D eigenvalue weighted by molar-refractivity contribution is 5.75. The molecule has 4 nitrogen and oxygen atoms in total. The van der Waals surface area contributed by atoms with Crippen LogP contribution in [0.15, 0.2) is 24.3 Å². The molecule has 1 N–H and O–H groups in total. The van der Waals surface area contributed by atoms with Crippen LogP contribution in [0.4, 0.5) is 0 Å². The van der Waals surface area contributed by atoms with Crippen LogP contribution >= 0.6 is 0 Å². The minimum Gasteiger partial charge on any atom is -0.464 e. The van der Waals surface area contributed by atoms with Gasteiger partial charge in [0.1, 0.15) is 0 Å². The third-order valence-electron chi connectivity index (χ3n) is 3.15. The lowest BCUT2D eigenvalue weighted by atomic mass is 10.0. The van der Waals surface area contributed by atoms with Gasteiger partial charge in [0.2, 0.25) is 0 Å². The van der Waals surface area contributed by atoms with Gasteiger partial charge in [-0.2, -0.15) is 0 Å². The molecule has 0 fully saturated rings. The normalized spacial score (nSPS) is 12.2. The number of hydrogen-bond acceptors (Lipinski definition) is 4. The number of aliphatic hydroxyl groups excluding tert-OH is 1. The van der Waals surface area contributed by atoms with Crippen LogP contribution in [0.1, 0.15) is 30.9 Å². The Bertz CT molecular complexity index is 386. The van der Waals surface area contributed by atoms with Crippen LogP contribution in [-0.4, -0.2) is 37.5 Å². The molecule has 0 amide bonds. The fraction of sp³-hybridized carbons (Fsp3) is 0.562. The topological polar surface area (TPSA) is 55.8 Å². The third-order valence-corrected chi connectivity index (χ3v) is 3.15. The monoisotopic (exact) mass is 280 g/mol. The number of rotatable bonds is 9. The molecule has 0 aliphatic rings. The molecule has 0 aliphatic heterocycles. The van der Waals surface area contributed by atoms with E-state index >= 15 is 0 Å². The summed E-state index contributed by atoms with van der Waals surface area (Å²) in [6.45, 7) is 2.39. The Morgan fingerprint density at radius 2 is 1.85 bits per heavy atom. The largest absolute Gasteiger partial charge is 0.464 e. The number of benzene rings is 1. The molecule has 0 aliphatic carbocycles. The highest BCUT2D eigenvalue weighted by Crippen LogP contribution is 2.11. The van der Waals surface area contributed by atoms with Crippen LogP contribution in [0.2, 0.25) is 0 Å². The second-order valence-corrected chi connectivity index (χ2v) is 4.68. The van der Waals surface area contributed by atoms with E-state index in [1.54, 1.807) is 6.92 Å². The van der Waals surface area contributed by atoms with Gasteiger partial charge in [0.15, 0.2) is 6.10 Å². The average molecular weight is 280 g/mol. The molecule has 0 radical (unpaired) electrons. The summed E-state index contributed by atoms with van der Waals surface area (Å²) in [5, 5.41) is 8.75. The highest BCUT2D eigenvalue weighted by Gasteiger charge is 2.19. The first-order valence-corrected chi connectivity index (χ1v) is 7.09. The Balaban J connectivity index is 2.52. The molecule has 0 aromatic heterocycles. The Hall–Kier alpha value is -1.39. The number of hydrogen-bond donors (Lipinski definition) is 1. The van der Waals surface area contributed by atoms with Gasteiger partial charge in [-0.05, 0) is 37.3 Å². The van der Waals surface area contributed by atoms with Crippen molar-refractivity contribution in [1.82, 2.24) is 0 Å². The van der Waals surface area contributed by atoms with Gasteiger partial charge < -0.3 is 14.6 Å². The molecule has 1 aromatic rings. The van der Waals surface area contributed by atoms with Gasteiger partial charge in [0.25, 0.3) is 0 Å². The maximum atomic E-state index is 11.6.